The number of benzene rings is 1. The summed E-state index contributed by atoms with van der Waals surface area (Å²) in [5.41, 5.74) is 5.70. The van der Waals surface area contributed by atoms with Crippen molar-refractivity contribution < 1.29 is 9.52 Å². The van der Waals surface area contributed by atoms with Crippen molar-refractivity contribution >= 4 is 11.1 Å². The molecule has 86 valence electrons. The highest BCUT2D eigenvalue weighted by atomic mass is 16.4. The Balaban J connectivity index is 2.31. The van der Waals surface area contributed by atoms with Gasteiger partial charge in [-0.3, -0.25) is 5.73 Å². The molecule has 0 fully saturated rings. The molecular weight excluding hydrogens is 204 g/mol. The Kier molecular flexibility index (Phi) is 2.94. The van der Waals surface area contributed by atoms with Crippen LogP contribution >= 0.6 is 0 Å². The van der Waals surface area contributed by atoms with Gasteiger partial charge in [-0.25, -0.2) is 4.98 Å². The number of nitrogens with two attached hydrogens (primary N) is 1. The lowest BCUT2D eigenvalue weighted by Gasteiger charge is -2.18. The highest BCUT2D eigenvalue weighted by Crippen LogP contribution is 2.24. The highest BCUT2D eigenvalue weighted by Gasteiger charge is 2.29. The van der Waals surface area contributed by atoms with Crippen LogP contribution in [0.2, 0.25) is 0 Å². The SMILES string of the molecule is CCCCC(N)(O)c1nc2ccccc2o1. The summed E-state index contributed by atoms with van der Waals surface area (Å²) in [5, 5.41) is 10.0. The Morgan fingerprint density at radius 2 is 2.19 bits per heavy atom. The minimum atomic E-state index is -1.46. The van der Waals surface area contributed by atoms with Crippen LogP contribution in [0.5, 0.6) is 0 Å². The minimum Gasteiger partial charge on any atom is -0.436 e. The molecule has 0 aliphatic rings. The van der Waals surface area contributed by atoms with Gasteiger partial charge in [-0.1, -0.05) is 25.5 Å². The van der Waals surface area contributed by atoms with Crippen LogP contribution in [0.4, 0.5) is 0 Å². The molecule has 16 heavy (non-hydrogen) atoms. The summed E-state index contributed by atoms with van der Waals surface area (Å²) in [5.74, 6) is 0.196. The summed E-state index contributed by atoms with van der Waals surface area (Å²) < 4.78 is 5.44. The lowest BCUT2D eigenvalue weighted by molar-refractivity contribution is 0.00651. The summed E-state index contributed by atoms with van der Waals surface area (Å²) in [6.45, 7) is 2.04. The van der Waals surface area contributed by atoms with Gasteiger partial charge in [0.1, 0.15) is 5.52 Å². The summed E-state index contributed by atoms with van der Waals surface area (Å²) in [4.78, 5) is 4.20. The molecule has 1 aromatic heterocycles. The van der Waals surface area contributed by atoms with Crippen LogP contribution < -0.4 is 5.73 Å². The molecule has 1 unspecified atom stereocenters. The van der Waals surface area contributed by atoms with Crippen molar-refractivity contribution in [2.24, 2.45) is 5.73 Å². The molecule has 4 heteroatoms. The molecule has 0 spiro atoms. The number of hydrogen-bond acceptors (Lipinski definition) is 4. The molecule has 2 rings (SSSR count). The van der Waals surface area contributed by atoms with Crippen LogP contribution in [0.15, 0.2) is 28.7 Å². The molecule has 1 aromatic carbocycles. The van der Waals surface area contributed by atoms with Gasteiger partial charge >= 0.3 is 0 Å². The first-order valence-electron chi connectivity index (χ1n) is 5.51. The number of oxazole rings is 1. The third-order valence-corrected chi connectivity index (χ3v) is 2.58. The van der Waals surface area contributed by atoms with E-state index < -0.39 is 5.72 Å². The first kappa shape index (κ1) is 11.1. The fraction of sp³-hybridized carbons (Fsp3) is 0.417. The van der Waals surface area contributed by atoms with E-state index in [9.17, 15) is 5.11 Å². The van der Waals surface area contributed by atoms with Crippen LogP contribution in [0.1, 0.15) is 32.1 Å². The fourth-order valence-electron chi connectivity index (χ4n) is 1.61. The molecule has 1 heterocycles. The highest BCUT2D eigenvalue weighted by molar-refractivity contribution is 5.72. The van der Waals surface area contributed by atoms with E-state index in [1.54, 1.807) is 0 Å². The van der Waals surface area contributed by atoms with Crippen molar-refractivity contribution in [1.29, 1.82) is 0 Å². The number of aromatic nitrogens is 1. The molecule has 1 atom stereocenters. The molecule has 3 N–H and O–H groups in total. The molecule has 0 radical (unpaired) electrons. The standard InChI is InChI=1S/C12H16N2O2/c1-2-3-8-12(13,15)11-14-9-6-4-5-7-10(9)16-11/h4-7,15H,2-3,8,13H2,1H3. The molecule has 2 aromatic rings. The van der Waals surface area contributed by atoms with Gasteiger partial charge in [-0.2, -0.15) is 0 Å². The Morgan fingerprint density at radius 3 is 2.88 bits per heavy atom. The third kappa shape index (κ3) is 2.08. The van der Waals surface area contributed by atoms with Crippen LogP contribution in [0, 0.1) is 0 Å². The van der Waals surface area contributed by atoms with Crippen LogP contribution in [0.3, 0.4) is 0 Å². The van der Waals surface area contributed by atoms with E-state index >= 15 is 0 Å². The van der Waals surface area contributed by atoms with E-state index in [0.717, 1.165) is 18.4 Å². The quantitative estimate of drug-likeness (QED) is 0.774. The lowest BCUT2D eigenvalue weighted by Crippen LogP contribution is -2.36. The zero-order valence-electron chi connectivity index (χ0n) is 9.31. The van der Waals surface area contributed by atoms with Crippen molar-refractivity contribution in [2.45, 2.75) is 31.9 Å². The molecule has 0 aliphatic heterocycles. The zero-order chi connectivity index (χ0) is 11.6. The third-order valence-electron chi connectivity index (χ3n) is 2.58. The van der Waals surface area contributed by atoms with Gasteiger partial charge in [0.2, 0.25) is 5.89 Å². The summed E-state index contributed by atoms with van der Waals surface area (Å²) in [7, 11) is 0. The minimum absolute atomic E-state index is 0.196. The Morgan fingerprint density at radius 1 is 1.44 bits per heavy atom. The largest absolute Gasteiger partial charge is 0.436 e. The second kappa shape index (κ2) is 4.23. The average molecular weight is 220 g/mol. The molecule has 0 aliphatic carbocycles. The number of rotatable bonds is 4. The maximum absolute atomic E-state index is 10.0. The van der Waals surface area contributed by atoms with Crippen molar-refractivity contribution in [3.8, 4) is 0 Å². The van der Waals surface area contributed by atoms with Gasteiger partial charge in [0.05, 0.1) is 0 Å². The number of para-hydroxylation sites is 2. The van der Waals surface area contributed by atoms with E-state index in [-0.39, 0.29) is 5.89 Å². The Bertz CT molecular complexity index is 444. The van der Waals surface area contributed by atoms with Crippen molar-refractivity contribution in [3.05, 3.63) is 30.2 Å². The van der Waals surface area contributed by atoms with Crippen molar-refractivity contribution in [1.82, 2.24) is 4.98 Å². The first-order valence-corrected chi connectivity index (χ1v) is 5.51. The molecule has 0 saturated carbocycles. The van der Waals surface area contributed by atoms with Crippen LogP contribution in [-0.4, -0.2) is 10.1 Å². The van der Waals surface area contributed by atoms with E-state index in [4.69, 9.17) is 10.2 Å². The fourth-order valence-corrected chi connectivity index (χ4v) is 1.61. The first-order chi connectivity index (χ1) is 7.63. The predicted molar refractivity (Wildman–Crippen MR) is 61.6 cm³/mol. The number of unbranched alkanes of at least 4 members (excludes halogenated alkanes) is 1. The van der Waals surface area contributed by atoms with Gasteiger partial charge in [0, 0.05) is 0 Å². The van der Waals surface area contributed by atoms with E-state index in [0.29, 0.717) is 12.0 Å². The van der Waals surface area contributed by atoms with Crippen molar-refractivity contribution in [2.75, 3.05) is 0 Å². The normalized spacial score (nSPS) is 15.2. The number of fused-ring (bicyclic) bond motifs is 1. The summed E-state index contributed by atoms with van der Waals surface area (Å²) in [6, 6.07) is 7.37. The maximum Gasteiger partial charge on any atom is 0.242 e. The molecule has 0 bridgehead atoms. The second-order valence-electron chi connectivity index (χ2n) is 4.01. The van der Waals surface area contributed by atoms with Crippen molar-refractivity contribution in [3.63, 3.8) is 0 Å². The van der Waals surface area contributed by atoms with Gasteiger partial charge < -0.3 is 9.52 Å². The molecule has 4 nitrogen and oxygen atoms in total. The average Bonchev–Trinajstić information content (AvgIpc) is 2.71. The summed E-state index contributed by atoms with van der Waals surface area (Å²) in [6.07, 6.45) is 2.27. The maximum atomic E-state index is 10.0. The van der Waals surface area contributed by atoms with E-state index in [2.05, 4.69) is 4.98 Å². The van der Waals surface area contributed by atoms with Gasteiger partial charge in [-0.05, 0) is 25.0 Å². The molecule has 0 amide bonds. The predicted octanol–water partition coefficient (Wildman–Crippen LogP) is 2.12. The number of nitrogens with zero attached hydrogens (tertiary/aromatic N) is 1. The molecular formula is C12H16N2O2. The lowest BCUT2D eigenvalue weighted by atomic mass is 10.1. The smallest absolute Gasteiger partial charge is 0.242 e. The Labute approximate surface area is 94.1 Å². The zero-order valence-corrected chi connectivity index (χ0v) is 9.31. The molecule has 0 saturated heterocycles. The van der Waals surface area contributed by atoms with E-state index in [1.807, 2.05) is 31.2 Å². The monoisotopic (exact) mass is 220 g/mol. The van der Waals surface area contributed by atoms with Gasteiger partial charge in [0.15, 0.2) is 11.3 Å². The van der Waals surface area contributed by atoms with Crippen LogP contribution in [0.25, 0.3) is 11.1 Å². The summed E-state index contributed by atoms with van der Waals surface area (Å²) >= 11 is 0. The topological polar surface area (TPSA) is 72.3 Å². The van der Waals surface area contributed by atoms with Crippen LogP contribution in [-0.2, 0) is 5.72 Å². The Hall–Kier alpha value is -1.39. The number of hydrogen-bond donors (Lipinski definition) is 2. The van der Waals surface area contributed by atoms with Gasteiger partial charge in [0.25, 0.3) is 0 Å². The second-order valence-corrected chi connectivity index (χ2v) is 4.01. The van der Waals surface area contributed by atoms with Gasteiger partial charge in [-0.15, -0.1) is 0 Å². The number of aliphatic hydroxyl groups is 1. The van der Waals surface area contributed by atoms with E-state index in [1.165, 1.54) is 0 Å².